The molecule has 0 aliphatic heterocycles. The molecule has 16 heavy (non-hydrogen) atoms. The second-order valence-corrected chi connectivity index (χ2v) is 3.48. The maximum Gasteiger partial charge on any atom is 0.452 e. The van der Waals surface area contributed by atoms with Gasteiger partial charge in [-0.2, -0.15) is 0 Å². The highest BCUT2D eigenvalue weighted by Crippen LogP contribution is 1.99. The van der Waals surface area contributed by atoms with E-state index in [0.717, 1.165) is 6.08 Å². The fourth-order valence-electron chi connectivity index (χ4n) is 0.650. The number of amides is 1. The molecule has 0 unspecified atom stereocenters. The Morgan fingerprint density at radius 1 is 1.31 bits per heavy atom. The van der Waals surface area contributed by atoms with E-state index in [9.17, 15) is 9.59 Å². The van der Waals surface area contributed by atoms with E-state index in [1.54, 1.807) is 0 Å². The predicted molar refractivity (Wildman–Crippen MR) is 56.8 cm³/mol. The zero-order valence-corrected chi connectivity index (χ0v) is 9.89. The molecule has 90 valence electrons. The highest BCUT2D eigenvalue weighted by Gasteiger charge is 2.01. The minimum absolute atomic E-state index is 0.273. The molecular formula is C10H16N2O4. The number of carbonyl (C=O) groups is 2. The lowest BCUT2D eigenvalue weighted by molar-refractivity contribution is -0.138. The van der Waals surface area contributed by atoms with Crippen LogP contribution in [0.15, 0.2) is 22.0 Å². The Labute approximate surface area is 94.3 Å². The summed E-state index contributed by atoms with van der Waals surface area (Å²) in [7, 11) is 1.19. The van der Waals surface area contributed by atoms with Crippen molar-refractivity contribution in [2.24, 2.45) is 16.1 Å². The van der Waals surface area contributed by atoms with Gasteiger partial charge < -0.3 is 9.47 Å². The second kappa shape index (κ2) is 7.56. The lowest BCUT2D eigenvalue weighted by Gasteiger charge is -2.03. The van der Waals surface area contributed by atoms with Gasteiger partial charge in [0.25, 0.3) is 0 Å². The number of rotatable bonds is 4. The largest absolute Gasteiger partial charge is 0.462 e. The first-order chi connectivity index (χ1) is 7.45. The standard InChI is InChI=1S/C10H16N2O4/c1-7(2)6-16-9(13)5-8(3)11-12-10(14)15-4/h5,7H,6H2,1-4H3/b8-5-,12-11?. The van der Waals surface area contributed by atoms with E-state index >= 15 is 0 Å². The SMILES string of the molecule is COC(=O)N=N/C(C)=C\C(=O)OCC(C)C. The molecule has 0 saturated carbocycles. The van der Waals surface area contributed by atoms with Crippen molar-refractivity contribution in [3.8, 4) is 0 Å². The number of methoxy groups -OCH3 is 1. The molecule has 0 spiro atoms. The molecule has 0 aromatic rings. The van der Waals surface area contributed by atoms with Crippen molar-refractivity contribution in [2.45, 2.75) is 20.8 Å². The number of allylic oxidation sites excluding steroid dienone is 1. The Morgan fingerprint density at radius 3 is 2.44 bits per heavy atom. The Balaban J connectivity index is 4.16. The molecule has 0 aromatic carbocycles. The summed E-state index contributed by atoms with van der Waals surface area (Å²) in [6, 6.07) is 0. The van der Waals surface area contributed by atoms with Crippen molar-refractivity contribution < 1.29 is 19.1 Å². The first-order valence-corrected chi connectivity index (χ1v) is 4.80. The zero-order chi connectivity index (χ0) is 12.6. The van der Waals surface area contributed by atoms with E-state index in [1.165, 1.54) is 14.0 Å². The Hall–Kier alpha value is -1.72. The molecule has 0 aliphatic carbocycles. The molecule has 1 amide bonds. The van der Waals surface area contributed by atoms with E-state index < -0.39 is 12.1 Å². The van der Waals surface area contributed by atoms with Gasteiger partial charge >= 0.3 is 12.1 Å². The molecule has 0 N–H and O–H groups in total. The van der Waals surface area contributed by atoms with Gasteiger partial charge in [0.1, 0.15) is 0 Å². The van der Waals surface area contributed by atoms with Gasteiger partial charge in [-0.25, -0.2) is 9.59 Å². The molecule has 0 aliphatic rings. The van der Waals surface area contributed by atoms with Crippen molar-refractivity contribution in [1.29, 1.82) is 0 Å². The average molecular weight is 228 g/mol. The summed E-state index contributed by atoms with van der Waals surface area (Å²) >= 11 is 0. The van der Waals surface area contributed by atoms with E-state index in [4.69, 9.17) is 4.74 Å². The summed E-state index contributed by atoms with van der Waals surface area (Å²) in [6.45, 7) is 5.74. The second-order valence-electron chi connectivity index (χ2n) is 3.48. The lowest BCUT2D eigenvalue weighted by Crippen LogP contribution is -2.07. The van der Waals surface area contributed by atoms with Gasteiger partial charge in [-0.05, 0) is 12.8 Å². The highest BCUT2D eigenvalue weighted by atomic mass is 16.5. The van der Waals surface area contributed by atoms with Gasteiger partial charge in [0.05, 0.1) is 19.4 Å². The Kier molecular flexibility index (Phi) is 6.74. The lowest BCUT2D eigenvalue weighted by atomic mass is 10.2. The minimum atomic E-state index is -0.816. The van der Waals surface area contributed by atoms with Crippen LogP contribution < -0.4 is 0 Å². The molecular weight excluding hydrogens is 212 g/mol. The van der Waals surface area contributed by atoms with Gasteiger partial charge in [0, 0.05) is 6.08 Å². The normalized spacial score (nSPS) is 11.9. The van der Waals surface area contributed by atoms with Crippen molar-refractivity contribution >= 4 is 12.1 Å². The topological polar surface area (TPSA) is 77.3 Å². The number of ether oxygens (including phenoxy) is 2. The molecule has 0 atom stereocenters. The van der Waals surface area contributed by atoms with Gasteiger partial charge in [-0.15, -0.1) is 5.11 Å². The molecule has 6 nitrogen and oxygen atoms in total. The molecule has 0 fully saturated rings. The third-order valence-corrected chi connectivity index (χ3v) is 1.35. The van der Waals surface area contributed by atoms with Gasteiger partial charge in [-0.3, -0.25) is 0 Å². The number of carbonyl (C=O) groups excluding carboxylic acids is 2. The van der Waals surface area contributed by atoms with Crippen LogP contribution in [0.5, 0.6) is 0 Å². The van der Waals surface area contributed by atoms with Crippen LogP contribution in [0.1, 0.15) is 20.8 Å². The van der Waals surface area contributed by atoms with E-state index in [1.807, 2.05) is 13.8 Å². The highest BCUT2D eigenvalue weighted by molar-refractivity contribution is 5.82. The molecule has 6 heteroatoms. The monoisotopic (exact) mass is 228 g/mol. The van der Waals surface area contributed by atoms with Crippen molar-refractivity contribution in [3.63, 3.8) is 0 Å². The van der Waals surface area contributed by atoms with Gasteiger partial charge in [0.15, 0.2) is 0 Å². The summed E-state index contributed by atoms with van der Waals surface area (Å²) in [5, 5.41) is 6.65. The summed E-state index contributed by atoms with van der Waals surface area (Å²) in [4.78, 5) is 21.7. The fraction of sp³-hybridized carbons (Fsp3) is 0.600. The summed E-state index contributed by atoms with van der Waals surface area (Å²) in [6.07, 6.45) is 0.345. The van der Waals surface area contributed by atoms with Crippen molar-refractivity contribution in [2.75, 3.05) is 13.7 Å². The molecule has 0 radical (unpaired) electrons. The van der Waals surface area contributed by atoms with Crippen LogP contribution in [0.4, 0.5) is 4.79 Å². The Bertz CT molecular complexity index is 308. The minimum Gasteiger partial charge on any atom is -0.462 e. The van der Waals surface area contributed by atoms with Crippen LogP contribution in [-0.2, 0) is 14.3 Å². The molecule has 0 rings (SSSR count). The number of hydrogen-bond acceptors (Lipinski definition) is 5. The van der Waals surface area contributed by atoms with Crippen molar-refractivity contribution in [1.82, 2.24) is 0 Å². The van der Waals surface area contributed by atoms with Crippen LogP contribution >= 0.6 is 0 Å². The number of esters is 1. The van der Waals surface area contributed by atoms with Crippen LogP contribution in [0.25, 0.3) is 0 Å². The van der Waals surface area contributed by atoms with E-state index in [2.05, 4.69) is 15.0 Å². The average Bonchev–Trinajstić information content (AvgIpc) is 2.23. The third kappa shape index (κ3) is 7.66. The molecule has 0 bridgehead atoms. The van der Waals surface area contributed by atoms with E-state index in [-0.39, 0.29) is 11.6 Å². The summed E-state index contributed by atoms with van der Waals surface area (Å²) in [5.74, 6) is -0.232. The zero-order valence-electron chi connectivity index (χ0n) is 9.89. The third-order valence-electron chi connectivity index (χ3n) is 1.35. The molecule has 0 heterocycles. The number of nitrogens with zero attached hydrogens (tertiary/aromatic N) is 2. The van der Waals surface area contributed by atoms with Gasteiger partial charge in [0.2, 0.25) is 0 Å². The maximum absolute atomic E-state index is 11.2. The van der Waals surface area contributed by atoms with Gasteiger partial charge in [-0.1, -0.05) is 19.0 Å². The van der Waals surface area contributed by atoms with E-state index in [0.29, 0.717) is 6.61 Å². The summed E-state index contributed by atoms with van der Waals surface area (Å²) in [5.41, 5.74) is 0.277. The molecule has 0 aromatic heterocycles. The van der Waals surface area contributed by atoms with Crippen LogP contribution in [0, 0.1) is 5.92 Å². The predicted octanol–water partition coefficient (Wildman–Crippen LogP) is 2.31. The fourth-order valence-corrected chi connectivity index (χ4v) is 0.650. The van der Waals surface area contributed by atoms with Crippen molar-refractivity contribution in [3.05, 3.63) is 11.8 Å². The van der Waals surface area contributed by atoms with Crippen LogP contribution in [0.2, 0.25) is 0 Å². The quantitative estimate of drug-likeness (QED) is 0.420. The number of hydrogen-bond donors (Lipinski definition) is 0. The molecule has 0 saturated heterocycles. The first-order valence-electron chi connectivity index (χ1n) is 4.80. The smallest absolute Gasteiger partial charge is 0.452 e. The maximum atomic E-state index is 11.2. The van der Waals surface area contributed by atoms with Crippen LogP contribution in [0.3, 0.4) is 0 Å². The number of azo groups is 1. The van der Waals surface area contributed by atoms with Crippen LogP contribution in [-0.4, -0.2) is 25.8 Å². The first kappa shape index (κ1) is 14.3. The Morgan fingerprint density at radius 2 is 1.94 bits per heavy atom. The summed E-state index contributed by atoms with van der Waals surface area (Å²) < 4.78 is 9.12.